The molecule has 2 heteroatoms. The van der Waals surface area contributed by atoms with Gasteiger partial charge in [0.1, 0.15) is 0 Å². The fourth-order valence-corrected chi connectivity index (χ4v) is 4.38. The van der Waals surface area contributed by atoms with Crippen LogP contribution in [0.1, 0.15) is 66.2 Å². The lowest BCUT2D eigenvalue weighted by Crippen LogP contribution is -2.62. The summed E-state index contributed by atoms with van der Waals surface area (Å²) in [5, 5.41) is 0. The van der Waals surface area contributed by atoms with Gasteiger partial charge in [-0.2, -0.15) is 0 Å². The van der Waals surface area contributed by atoms with E-state index in [9.17, 15) is 0 Å². The molecule has 2 aliphatic rings. The summed E-state index contributed by atoms with van der Waals surface area (Å²) in [5.41, 5.74) is 0. The molecule has 2 fully saturated rings. The van der Waals surface area contributed by atoms with Gasteiger partial charge in [-0.25, -0.2) is 0 Å². The van der Waals surface area contributed by atoms with E-state index in [-0.39, 0.29) is 0 Å². The highest BCUT2D eigenvalue weighted by Gasteiger charge is 2.37. The third-order valence-electron chi connectivity index (χ3n) is 5.81. The lowest BCUT2D eigenvalue weighted by atomic mass is 9.89. The minimum Gasteiger partial charge on any atom is -0.298 e. The zero-order chi connectivity index (χ0) is 13.8. The number of rotatable bonds is 5. The number of fused-ring (bicyclic) bond motifs is 1. The van der Waals surface area contributed by atoms with Crippen molar-refractivity contribution < 1.29 is 0 Å². The number of piperidine rings is 1. The minimum atomic E-state index is 0.768. The topological polar surface area (TPSA) is 6.48 Å². The monoisotopic (exact) mass is 266 g/mol. The first-order valence-corrected chi connectivity index (χ1v) is 8.70. The van der Waals surface area contributed by atoms with E-state index in [1.165, 1.54) is 58.2 Å². The normalized spacial score (nSPS) is 31.4. The van der Waals surface area contributed by atoms with Gasteiger partial charge in [0.15, 0.2) is 0 Å². The number of hydrogen-bond acceptors (Lipinski definition) is 2. The molecule has 0 saturated carbocycles. The van der Waals surface area contributed by atoms with E-state index in [0.29, 0.717) is 0 Å². The minimum absolute atomic E-state index is 0.768. The average molecular weight is 266 g/mol. The zero-order valence-corrected chi connectivity index (χ0v) is 13.6. The second-order valence-corrected chi connectivity index (χ2v) is 6.72. The van der Waals surface area contributed by atoms with Crippen LogP contribution >= 0.6 is 0 Å². The van der Waals surface area contributed by atoms with Crippen LogP contribution in [0.4, 0.5) is 0 Å². The molecule has 0 radical (unpaired) electrons. The van der Waals surface area contributed by atoms with Gasteiger partial charge < -0.3 is 0 Å². The smallest absolute Gasteiger partial charge is 0.0224 e. The maximum absolute atomic E-state index is 2.87. The average Bonchev–Trinajstić information content (AvgIpc) is 2.46. The van der Waals surface area contributed by atoms with Gasteiger partial charge in [0, 0.05) is 31.2 Å². The van der Waals surface area contributed by atoms with E-state index in [4.69, 9.17) is 0 Å². The number of nitrogens with zero attached hydrogens (tertiary/aromatic N) is 2. The second kappa shape index (κ2) is 7.08. The van der Waals surface area contributed by atoms with Crippen LogP contribution in [-0.4, -0.2) is 47.6 Å². The highest BCUT2D eigenvalue weighted by atomic mass is 15.3. The van der Waals surface area contributed by atoms with Crippen molar-refractivity contribution in [1.29, 1.82) is 0 Å². The van der Waals surface area contributed by atoms with Gasteiger partial charge in [0.05, 0.1) is 0 Å². The standard InChI is InChI=1S/C17H34N2/c1-5-15(6-2)14(4)19-13-17-10-8-9-11-18(17)12-16(19)7-3/h14-17H,5-13H2,1-4H3. The van der Waals surface area contributed by atoms with Crippen molar-refractivity contribution in [3.05, 3.63) is 0 Å². The molecule has 0 aromatic rings. The predicted octanol–water partition coefficient (Wildman–Crippen LogP) is 3.76. The molecule has 112 valence electrons. The summed E-state index contributed by atoms with van der Waals surface area (Å²) in [7, 11) is 0. The molecule has 0 aromatic heterocycles. The maximum Gasteiger partial charge on any atom is 0.0224 e. The molecule has 2 heterocycles. The Morgan fingerprint density at radius 3 is 2.42 bits per heavy atom. The van der Waals surface area contributed by atoms with Crippen LogP contribution in [0.5, 0.6) is 0 Å². The molecule has 0 aliphatic carbocycles. The summed E-state index contributed by atoms with van der Waals surface area (Å²) in [6, 6.07) is 2.42. The largest absolute Gasteiger partial charge is 0.298 e. The van der Waals surface area contributed by atoms with Crippen molar-refractivity contribution in [2.45, 2.75) is 84.3 Å². The van der Waals surface area contributed by atoms with Gasteiger partial charge in [-0.1, -0.05) is 40.0 Å². The summed E-state index contributed by atoms with van der Waals surface area (Å²) in [6.07, 6.45) is 8.29. The quantitative estimate of drug-likeness (QED) is 0.747. The molecule has 0 spiro atoms. The third-order valence-corrected chi connectivity index (χ3v) is 5.81. The van der Waals surface area contributed by atoms with Crippen LogP contribution in [0.3, 0.4) is 0 Å². The Kier molecular flexibility index (Phi) is 5.70. The van der Waals surface area contributed by atoms with Crippen molar-refractivity contribution >= 4 is 0 Å². The van der Waals surface area contributed by atoms with E-state index in [1.807, 2.05) is 0 Å². The molecule has 3 unspecified atom stereocenters. The van der Waals surface area contributed by atoms with Crippen LogP contribution in [0.25, 0.3) is 0 Å². The summed E-state index contributed by atoms with van der Waals surface area (Å²) >= 11 is 0. The van der Waals surface area contributed by atoms with Crippen LogP contribution in [0.15, 0.2) is 0 Å². The van der Waals surface area contributed by atoms with Gasteiger partial charge in [-0.05, 0) is 38.6 Å². The van der Waals surface area contributed by atoms with Crippen LogP contribution in [0.2, 0.25) is 0 Å². The molecular formula is C17H34N2. The Morgan fingerprint density at radius 1 is 1.05 bits per heavy atom. The zero-order valence-electron chi connectivity index (χ0n) is 13.6. The summed E-state index contributed by atoms with van der Waals surface area (Å²) in [4.78, 5) is 5.65. The van der Waals surface area contributed by atoms with E-state index in [0.717, 1.165) is 24.0 Å². The third kappa shape index (κ3) is 3.33. The Bertz CT molecular complexity index is 262. The van der Waals surface area contributed by atoms with Crippen molar-refractivity contribution in [2.75, 3.05) is 19.6 Å². The maximum atomic E-state index is 2.87. The summed E-state index contributed by atoms with van der Waals surface area (Å²) in [5.74, 6) is 0.879. The lowest BCUT2D eigenvalue weighted by molar-refractivity contribution is -0.0254. The molecule has 0 aromatic carbocycles. The first kappa shape index (κ1) is 15.3. The van der Waals surface area contributed by atoms with Crippen molar-refractivity contribution in [1.82, 2.24) is 9.80 Å². The fraction of sp³-hybridized carbons (Fsp3) is 1.00. The Labute approximate surface area is 120 Å². The first-order chi connectivity index (χ1) is 9.21. The molecule has 19 heavy (non-hydrogen) atoms. The van der Waals surface area contributed by atoms with Crippen LogP contribution in [0, 0.1) is 5.92 Å². The first-order valence-electron chi connectivity index (χ1n) is 8.70. The number of piperazine rings is 1. The molecule has 2 saturated heterocycles. The Hall–Kier alpha value is -0.0800. The SMILES string of the molecule is CCC(CC)C(C)N1CC2CCCCN2CC1CC. The van der Waals surface area contributed by atoms with Gasteiger partial charge in [-0.3, -0.25) is 9.80 Å². The molecule has 2 aliphatic heterocycles. The van der Waals surface area contributed by atoms with E-state index >= 15 is 0 Å². The van der Waals surface area contributed by atoms with Crippen molar-refractivity contribution in [2.24, 2.45) is 5.92 Å². The number of hydrogen-bond donors (Lipinski definition) is 0. The van der Waals surface area contributed by atoms with E-state index < -0.39 is 0 Å². The Balaban J connectivity index is 2.04. The van der Waals surface area contributed by atoms with Crippen LogP contribution in [-0.2, 0) is 0 Å². The highest BCUT2D eigenvalue weighted by Crippen LogP contribution is 2.29. The second-order valence-electron chi connectivity index (χ2n) is 6.72. The molecule has 2 rings (SSSR count). The van der Waals surface area contributed by atoms with Crippen molar-refractivity contribution in [3.63, 3.8) is 0 Å². The van der Waals surface area contributed by atoms with E-state index in [1.54, 1.807) is 0 Å². The predicted molar refractivity (Wildman–Crippen MR) is 83.5 cm³/mol. The highest BCUT2D eigenvalue weighted by molar-refractivity contribution is 4.93. The molecular weight excluding hydrogens is 232 g/mol. The van der Waals surface area contributed by atoms with E-state index in [2.05, 4.69) is 37.5 Å². The van der Waals surface area contributed by atoms with Gasteiger partial charge in [0.25, 0.3) is 0 Å². The molecule has 3 atom stereocenters. The fourth-order valence-electron chi connectivity index (χ4n) is 4.38. The molecule has 0 amide bonds. The Morgan fingerprint density at radius 2 is 1.79 bits per heavy atom. The van der Waals surface area contributed by atoms with Crippen molar-refractivity contribution in [3.8, 4) is 0 Å². The lowest BCUT2D eigenvalue weighted by Gasteiger charge is -2.51. The summed E-state index contributed by atoms with van der Waals surface area (Å²) < 4.78 is 0. The molecule has 0 bridgehead atoms. The van der Waals surface area contributed by atoms with Gasteiger partial charge in [-0.15, -0.1) is 0 Å². The van der Waals surface area contributed by atoms with Gasteiger partial charge in [0.2, 0.25) is 0 Å². The molecule has 2 nitrogen and oxygen atoms in total. The van der Waals surface area contributed by atoms with Crippen LogP contribution < -0.4 is 0 Å². The summed E-state index contributed by atoms with van der Waals surface area (Å²) in [6.45, 7) is 13.6. The van der Waals surface area contributed by atoms with Gasteiger partial charge >= 0.3 is 0 Å². The molecule has 0 N–H and O–H groups in total.